The number of ketones is 2. The first kappa shape index (κ1) is 20.7. The van der Waals surface area contributed by atoms with Gasteiger partial charge in [0.25, 0.3) is 0 Å². The van der Waals surface area contributed by atoms with Crippen LogP contribution in [0.4, 0.5) is 0 Å². The lowest BCUT2D eigenvalue weighted by Gasteiger charge is -2.21. The Balaban J connectivity index is 1.37. The molecule has 0 spiro atoms. The number of aromatic amines is 1. The summed E-state index contributed by atoms with van der Waals surface area (Å²) in [5.41, 5.74) is 3.76. The molecule has 2 aromatic carbocycles. The van der Waals surface area contributed by atoms with Crippen LogP contribution in [0, 0.1) is 0 Å². The molecule has 164 valence electrons. The van der Waals surface area contributed by atoms with Crippen LogP contribution in [0.1, 0.15) is 35.1 Å². The molecule has 2 N–H and O–H groups in total. The summed E-state index contributed by atoms with van der Waals surface area (Å²) in [5, 5.41) is 3.18. The Bertz CT molecular complexity index is 1340. The third-order valence-electron chi connectivity index (χ3n) is 5.52. The number of benzene rings is 2. The maximum atomic E-state index is 12.8. The summed E-state index contributed by atoms with van der Waals surface area (Å²) in [7, 11) is 0. The molecule has 33 heavy (non-hydrogen) atoms. The smallest absolute Gasteiger partial charge is 0.229 e. The first-order valence-corrected chi connectivity index (χ1v) is 10.6. The lowest BCUT2D eigenvalue weighted by Crippen LogP contribution is -2.37. The minimum Gasteiger partial charge on any atom is -0.438 e. The van der Waals surface area contributed by atoms with Crippen LogP contribution >= 0.6 is 0 Å². The van der Waals surface area contributed by atoms with Crippen molar-refractivity contribution in [1.29, 1.82) is 0 Å². The van der Waals surface area contributed by atoms with E-state index in [0.29, 0.717) is 29.6 Å². The van der Waals surface area contributed by atoms with Gasteiger partial charge in [0.1, 0.15) is 12.1 Å². The van der Waals surface area contributed by atoms with Gasteiger partial charge in [0, 0.05) is 18.3 Å². The van der Waals surface area contributed by atoms with Gasteiger partial charge in [-0.2, -0.15) is 0 Å². The zero-order valence-corrected chi connectivity index (χ0v) is 17.9. The molecule has 1 unspecified atom stereocenters. The van der Waals surface area contributed by atoms with Crippen LogP contribution in [0.25, 0.3) is 16.6 Å². The molecule has 0 fully saturated rings. The normalized spacial score (nSPS) is 15.8. The van der Waals surface area contributed by atoms with Crippen molar-refractivity contribution in [3.05, 3.63) is 84.1 Å². The van der Waals surface area contributed by atoms with Crippen molar-refractivity contribution < 1.29 is 14.3 Å². The lowest BCUT2D eigenvalue weighted by molar-refractivity contribution is -0.117. The van der Waals surface area contributed by atoms with Crippen LogP contribution in [0.5, 0.6) is 11.6 Å². The second kappa shape index (κ2) is 8.76. The molecule has 8 heteroatoms. The van der Waals surface area contributed by atoms with E-state index >= 15 is 0 Å². The molecule has 1 aliphatic heterocycles. The Kier molecular flexibility index (Phi) is 5.50. The highest BCUT2D eigenvalue weighted by Gasteiger charge is 2.21. The van der Waals surface area contributed by atoms with E-state index in [4.69, 9.17) is 4.74 Å². The summed E-state index contributed by atoms with van der Waals surface area (Å²) >= 11 is 0. The Morgan fingerprint density at radius 1 is 1.09 bits per heavy atom. The molecule has 4 aromatic rings. The average molecular weight is 439 g/mol. The molecule has 0 saturated carbocycles. The molecule has 5 rings (SSSR count). The van der Waals surface area contributed by atoms with Gasteiger partial charge in [-0.05, 0) is 55.3 Å². The summed E-state index contributed by atoms with van der Waals surface area (Å²) in [6.45, 7) is 2.24. The van der Waals surface area contributed by atoms with E-state index in [2.05, 4.69) is 25.3 Å². The van der Waals surface area contributed by atoms with Gasteiger partial charge in [0.2, 0.25) is 11.7 Å². The van der Waals surface area contributed by atoms with Crippen molar-refractivity contribution in [3.8, 4) is 11.6 Å². The van der Waals surface area contributed by atoms with Crippen LogP contribution in [-0.4, -0.2) is 44.1 Å². The lowest BCUT2D eigenvalue weighted by atomic mass is 9.97. The molecule has 3 heterocycles. The van der Waals surface area contributed by atoms with Gasteiger partial charge >= 0.3 is 0 Å². The summed E-state index contributed by atoms with van der Waals surface area (Å²) in [6.07, 6.45) is 5.74. The number of para-hydroxylation sites is 2. The quantitative estimate of drug-likeness (QED) is 0.441. The van der Waals surface area contributed by atoms with Crippen LogP contribution in [0.3, 0.4) is 0 Å². The number of hydrogen-bond acceptors (Lipinski definition) is 7. The Hall–Kier alpha value is -4.17. The van der Waals surface area contributed by atoms with E-state index in [-0.39, 0.29) is 17.6 Å². The van der Waals surface area contributed by atoms with Gasteiger partial charge in [-0.15, -0.1) is 0 Å². The number of nitrogens with zero attached hydrogens (tertiary/aromatic N) is 3. The third kappa shape index (κ3) is 4.28. The zero-order chi connectivity index (χ0) is 22.8. The van der Waals surface area contributed by atoms with E-state index in [1.54, 1.807) is 37.4 Å². The fourth-order valence-electron chi connectivity index (χ4n) is 3.79. The van der Waals surface area contributed by atoms with E-state index in [1.165, 1.54) is 6.33 Å². The first-order valence-electron chi connectivity index (χ1n) is 10.6. The summed E-state index contributed by atoms with van der Waals surface area (Å²) in [5.74, 6) is 1.08. The van der Waals surface area contributed by atoms with Crippen LogP contribution < -0.4 is 10.1 Å². The summed E-state index contributed by atoms with van der Waals surface area (Å²) in [4.78, 5) is 40.5. The number of carbonyl (C=O) groups excluding carboxylic acids is 2. The van der Waals surface area contributed by atoms with Gasteiger partial charge in [0.15, 0.2) is 11.6 Å². The third-order valence-corrected chi connectivity index (χ3v) is 5.52. The monoisotopic (exact) mass is 439 g/mol. The molecule has 0 bridgehead atoms. The highest BCUT2D eigenvalue weighted by atomic mass is 16.5. The molecule has 0 radical (unpaired) electrons. The van der Waals surface area contributed by atoms with E-state index in [1.807, 2.05) is 30.3 Å². The molecule has 2 aromatic heterocycles. The largest absolute Gasteiger partial charge is 0.438 e. The molecule has 1 aliphatic rings. The Labute approximate surface area is 189 Å². The molecule has 8 nitrogen and oxygen atoms in total. The Morgan fingerprint density at radius 3 is 2.70 bits per heavy atom. The van der Waals surface area contributed by atoms with E-state index < -0.39 is 0 Å². The highest BCUT2D eigenvalue weighted by Crippen LogP contribution is 2.31. The number of fused-ring (bicyclic) bond motifs is 1. The maximum absolute atomic E-state index is 12.8. The maximum Gasteiger partial charge on any atom is 0.229 e. The van der Waals surface area contributed by atoms with E-state index in [0.717, 1.165) is 28.6 Å². The summed E-state index contributed by atoms with van der Waals surface area (Å²) in [6, 6.07) is 14.0. The molecule has 1 atom stereocenters. The van der Waals surface area contributed by atoms with Crippen molar-refractivity contribution in [1.82, 2.24) is 25.3 Å². The van der Waals surface area contributed by atoms with Crippen LogP contribution in [-0.2, 0) is 4.79 Å². The van der Waals surface area contributed by atoms with Gasteiger partial charge in [-0.25, -0.2) is 15.0 Å². The molecule has 0 aliphatic carbocycles. The fourth-order valence-corrected chi connectivity index (χ4v) is 3.79. The number of H-pyrrole nitrogens is 1. The number of Topliss-reactive ketones (excluding diaryl/α,β-unsaturated/α-hetero) is 1. The number of carbonyl (C=O) groups is 2. The number of hydrogen-bond donors (Lipinski definition) is 2. The fraction of sp³-hybridized carbons (Fsp3) is 0.160. The molecule has 0 amide bonds. The minimum atomic E-state index is -0.328. The molecular formula is C25H21N5O3. The van der Waals surface area contributed by atoms with Crippen molar-refractivity contribution in [2.24, 2.45) is 0 Å². The van der Waals surface area contributed by atoms with Gasteiger partial charge in [0.05, 0.1) is 22.6 Å². The van der Waals surface area contributed by atoms with Crippen LogP contribution in [0.2, 0.25) is 0 Å². The Morgan fingerprint density at radius 2 is 1.91 bits per heavy atom. The minimum absolute atomic E-state index is 0.0521. The topological polar surface area (TPSA) is 110 Å². The molecular weight excluding hydrogens is 418 g/mol. The zero-order valence-electron chi connectivity index (χ0n) is 17.9. The molecule has 0 saturated heterocycles. The van der Waals surface area contributed by atoms with Crippen molar-refractivity contribution >= 4 is 28.2 Å². The predicted molar refractivity (Wildman–Crippen MR) is 123 cm³/mol. The number of ether oxygens (including phenoxy) is 1. The van der Waals surface area contributed by atoms with Crippen molar-refractivity contribution in [2.75, 3.05) is 6.54 Å². The SMILES string of the molecule is CC(=O)C1C=C(c2cncnc2Oc2ccc(C(=O)c3nc4ccccc4[nH]3)cc2)CCN1. The number of imidazole rings is 1. The van der Waals surface area contributed by atoms with Crippen molar-refractivity contribution in [2.45, 2.75) is 19.4 Å². The second-order valence-corrected chi connectivity index (χ2v) is 7.78. The standard InChI is InChI=1S/C25H21N5O3/c1-15(31)22-12-17(10-11-27-22)19-13-26-14-28-25(19)33-18-8-6-16(7-9-18)23(32)24-29-20-4-2-3-5-21(20)30-24/h2-9,12-14,22,27H,10-11H2,1H3,(H,29,30). The second-order valence-electron chi connectivity index (χ2n) is 7.78. The summed E-state index contributed by atoms with van der Waals surface area (Å²) < 4.78 is 6.01. The number of rotatable bonds is 6. The predicted octanol–water partition coefficient (Wildman–Crippen LogP) is 3.71. The van der Waals surface area contributed by atoms with Crippen molar-refractivity contribution in [3.63, 3.8) is 0 Å². The van der Waals surface area contributed by atoms with E-state index in [9.17, 15) is 9.59 Å². The first-order chi connectivity index (χ1) is 16.1. The number of aromatic nitrogens is 4. The average Bonchev–Trinajstić information content (AvgIpc) is 3.29. The highest BCUT2D eigenvalue weighted by molar-refractivity contribution is 6.08. The van der Waals surface area contributed by atoms with Gasteiger partial charge in [-0.1, -0.05) is 18.2 Å². The number of nitrogens with one attached hydrogen (secondary N) is 2. The van der Waals surface area contributed by atoms with Gasteiger partial charge < -0.3 is 15.0 Å². The van der Waals surface area contributed by atoms with Crippen LogP contribution in [0.15, 0.2) is 67.1 Å². The van der Waals surface area contributed by atoms with Gasteiger partial charge in [-0.3, -0.25) is 9.59 Å².